The summed E-state index contributed by atoms with van der Waals surface area (Å²) in [4.78, 5) is 0. The van der Waals surface area contributed by atoms with Crippen LogP contribution in [0.4, 0.5) is 0 Å². The average Bonchev–Trinajstić information content (AvgIpc) is 2.61. The summed E-state index contributed by atoms with van der Waals surface area (Å²) in [6.45, 7) is 12.3. The summed E-state index contributed by atoms with van der Waals surface area (Å²) in [5.74, 6) is 2.26. The van der Waals surface area contributed by atoms with Crippen LogP contribution >= 0.6 is 0 Å². The third-order valence-electron chi connectivity index (χ3n) is 4.61. The molecule has 0 fully saturated rings. The molecule has 3 rings (SSSR count). The Bertz CT molecular complexity index is 861. The van der Waals surface area contributed by atoms with Gasteiger partial charge in [0.25, 0.3) is 0 Å². The Balaban J connectivity index is 1.94. The van der Waals surface area contributed by atoms with E-state index in [1.807, 2.05) is 58.0 Å². The number of hydrogen-bond donors (Lipinski definition) is 0. The van der Waals surface area contributed by atoms with Crippen molar-refractivity contribution >= 4 is 7.32 Å². The van der Waals surface area contributed by atoms with E-state index < -0.39 is 7.32 Å². The molecule has 0 atom stereocenters. The van der Waals surface area contributed by atoms with Crippen LogP contribution in [0.25, 0.3) is 0 Å². The van der Waals surface area contributed by atoms with Crippen LogP contribution in [-0.2, 0) is 0 Å². The molecule has 3 nitrogen and oxygen atoms in total. The highest BCUT2D eigenvalue weighted by molar-refractivity contribution is 6.39. The summed E-state index contributed by atoms with van der Waals surface area (Å²) in [5.41, 5.74) is 6.63. The zero-order valence-electron chi connectivity index (χ0n) is 17.5. The third-order valence-corrected chi connectivity index (χ3v) is 4.61. The van der Waals surface area contributed by atoms with Gasteiger partial charge in [-0.2, -0.15) is 0 Å². The van der Waals surface area contributed by atoms with E-state index in [-0.39, 0.29) is 0 Å². The normalized spacial score (nSPS) is 10.5. The van der Waals surface area contributed by atoms with Gasteiger partial charge >= 0.3 is 7.32 Å². The largest absolute Gasteiger partial charge is 0.864 e. The van der Waals surface area contributed by atoms with E-state index in [0.717, 1.165) is 33.8 Å². The van der Waals surface area contributed by atoms with Crippen LogP contribution in [0.15, 0.2) is 54.6 Å². The van der Waals surface area contributed by atoms with Crippen molar-refractivity contribution in [3.05, 3.63) is 88.0 Å². The van der Waals surface area contributed by atoms with Crippen molar-refractivity contribution in [2.24, 2.45) is 0 Å². The number of rotatable bonds is 6. The predicted molar refractivity (Wildman–Crippen MR) is 115 cm³/mol. The van der Waals surface area contributed by atoms with E-state index in [9.17, 15) is 0 Å². The van der Waals surface area contributed by atoms with Crippen LogP contribution in [0.1, 0.15) is 33.4 Å². The van der Waals surface area contributed by atoms with Gasteiger partial charge in [0.2, 0.25) is 0 Å². The van der Waals surface area contributed by atoms with Crippen LogP contribution in [0.5, 0.6) is 17.2 Å². The van der Waals surface area contributed by atoms with Gasteiger partial charge in [0, 0.05) is 0 Å². The molecule has 4 heteroatoms. The van der Waals surface area contributed by atoms with Crippen molar-refractivity contribution in [3.8, 4) is 17.2 Å². The zero-order chi connectivity index (χ0) is 20.3. The van der Waals surface area contributed by atoms with E-state index in [4.69, 9.17) is 14.0 Å². The first-order valence-electron chi connectivity index (χ1n) is 9.54. The lowest BCUT2D eigenvalue weighted by molar-refractivity contribution is 0.303. The molecule has 0 amide bonds. The molecule has 0 aliphatic heterocycles. The minimum Gasteiger partial charge on any atom is -0.490 e. The third kappa shape index (κ3) is 4.69. The van der Waals surface area contributed by atoms with Gasteiger partial charge < -0.3 is 14.0 Å². The van der Waals surface area contributed by atoms with Crippen molar-refractivity contribution < 1.29 is 14.0 Å². The number of aryl methyl sites for hydroxylation is 6. The molecule has 0 N–H and O–H groups in total. The second kappa shape index (κ2) is 8.43. The quantitative estimate of drug-likeness (QED) is 0.491. The number of hydrogen-bond acceptors (Lipinski definition) is 3. The van der Waals surface area contributed by atoms with Crippen LogP contribution in [0.3, 0.4) is 0 Å². The van der Waals surface area contributed by atoms with Gasteiger partial charge in [0.05, 0.1) is 0 Å². The van der Waals surface area contributed by atoms with Crippen molar-refractivity contribution in [1.82, 2.24) is 0 Å². The maximum absolute atomic E-state index is 6.23. The molecular weight excluding hydrogens is 347 g/mol. The molecule has 0 saturated heterocycles. The smallest absolute Gasteiger partial charge is 0.490 e. The van der Waals surface area contributed by atoms with Gasteiger partial charge in [0.15, 0.2) is 0 Å². The predicted octanol–water partition coefficient (Wildman–Crippen LogP) is 6.06. The average molecular weight is 374 g/mol. The van der Waals surface area contributed by atoms with Crippen molar-refractivity contribution in [2.45, 2.75) is 41.5 Å². The van der Waals surface area contributed by atoms with Crippen LogP contribution in [-0.4, -0.2) is 7.32 Å². The summed E-state index contributed by atoms with van der Waals surface area (Å²) in [6.07, 6.45) is 0. The maximum Gasteiger partial charge on any atom is 0.864 e. The van der Waals surface area contributed by atoms with E-state index >= 15 is 0 Å². The van der Waals surface area contributed by atoms with E-state index in [2.05, 4.69) is 38.1 Å². The SMILES string of the molecule is Cc1cc(C)c(OB(Oc2ccccc2)Oc2c(C)cc(C)cc2C)c(C)c1. The summed E-state index contributed by atoms with van der Waals surface area (Å²) in [5, 5.41) is 0. The first-order chi connectivity index (χ1) is 13.3. The minimum atomic E-state index is -0.900. The van der Waals surface area contributed by atoms with Crippen LogP contribution in [0, 0.1) is 41.5 Å². The lowest BCUT2D eigenvalue weighted by Gasteiger charge is -2.21. The molecule has 0 aliphatic carbocycles. The van der Waals surface area contributed by atoms with Gasteiger partial charge in [-0.25, -0.2) is 0 Å². The standard InChI is InChI=1S/C24H27BO3/c1-16-12-18(3)23(19(4)13-16)27-25(26-22-10-8-7-9-11-22)28-24-20(5)14-17(2)15-21(24)6/h7-15H,1-6H3. The summed E-state index contributed by atoms with van der Waals surface area (Å²) in [7, 11) is -0.900. The summed E-state index contributed by atoms with van der Waals surface area (Å²) < 4.78 is 18.5. The lowest BCUT2D eigenvalue weighted by atomic mass is 10.0. The van der Waals surface area contributed by atoms with Crippen molar-refractivity contribution in [2.75, 3.05) is 0 Å². The Morgan fingerprint density at radius 2 is 0.929 bits per heavy atom. The van der Waals surface area contributed by atoms with E-state index in [0.29, 0.717) is 5.75 Å². The highest BCUT2D eigenvalue weighted by atomic mass is 16.7. The van der Waals surface area contributed by atoms with Crippen molar-refractivity contribution in [1.29, 1.82) is 0 Å². The zero-order valence-corrected chi connectivity index (χ0v) is 17.5. The Hall–Kier alpha value is -2.88. The molecule has 144 valence electrons. The highest BCUT2D eigenvalue weighted by Gasteiger charge is 2.32. The summed E-state index contributed by atoms with van der Waals surface area (Å²) in [6, 6.07) is 18.0. The van der Waals surface area contributed by atoms with Gasteiger partial charge in [-0.05, 0) is 75.9 Å². The second-order valence-electron chi connectivity index (χ2n) is 7.41. The van der Waals surface area contributed by atoms with Crippen LogP contribution in [0.2, 0.25) is 0 Å². The monoisotopic (exact) mass is 374 g/mol. The van der Waals surface area contributed by atoms with Gasteiger partial charge in [0.1, 0.15) is 17.2 Å². The molecule has 0 aliphatic rings. The van der Waals surface area contributed by atoms with Crippen molar-refractivity contribution in [3.63, 3.8) is 0 Å². The Morgan fingerprint density at radius 1 is 0.536 bits per heavy atom. The Morgan fingerprint density at radius 3 is 1.32 bits per heavy atom. The topological polar surface area (TPSA) is 27.7 Å². The molecule has 0 radical (unpaired) electrons. The van der Waals surface area contributed by atoms with Gasteiger partial charge in [-0.3, -0.25) is 0 Å². The molecule has 0 unspecified atom stereocenters. The molecule has 0 heterocycles. The molecule has 0 bridgehead atoms. The molecule has 3 aromatic carbocycles. The fourth-order valence-corrected chi connectivity index (χ4v) is 3.58. The molecule has 0 aromatic heterocycles. The van der Waals surface area contributed by atoms with E-state index in [1.54, 1.807) is 0 Å². The first kappa shape index (κ1) is 19.9. The number of benzene rings is 3. The number of para-hydroxylation sites is 1. The lowest BCUT2D eigenvalue weighted by Crippen LogP contribution is -2.37. The molecule has 28 heavy (non-hydrogen) atoms. The molecular formula is C24H27BO3. The molecule has 0 spiro atoms. The summed E-state index contributed by atoms with van der Waals surface area (Å²) >= 11 is 0. The maximum atomic E-state index is 6.23. The minimum absolute atomic E-state index is 0.692. The van der Waals surface area contributed by atoms with Crippen LogP contribution < -0.4 is 14.0 Å². The second-order valence-corrected chi connectivity index (χ2v) is 7.41. The molecule has 0 saturated carbocycles. The van der Waals surface area contributed by atoms with Gasteiger partial charge in [-0.1, -0.05) is 53.6 Å². The Labute approximate surface area is 168 Å². The fraction of sp³-hybridized carbons (Fsp3) is 0.250. The Kier molecular flexibility index (Phi) is 5.98. The first-order valence-corrected chi connectivity index (χ1v) is 9.54. The molecule has 3 aromatic rings. The highest BCUT2D eigenvalue weighted by Crippen LogP contribution is 2.29. The van der Waals surface area contributed by atoms with Gasteiger partial charge in [-0.15, -0.1) is 0 Å². The fourth-order valence-electron chi connectivity index (χ4n) is 3.58. The van der Waals surface area contributed by atoms with E-state index in [1.165, 1.54) is 11.1 Å².